The van der Waals surface area contributed by atoms with Crippen molar-refractivity contribution < 1.29 is 42.1 Å². The first-order chi connectivity index (χ1) is 26.0. The van der Waals surface area contributed by atoms with Crippen LogP contribution in [-0.4, -0.2) is 74.9 Å². The number of carbonyl (C=O) groups excluding carboxylic acids is 2. The second-order valence-electron chi connectivity index (χ2n) is 15.7. The number of likely N-dealkylation sites (N-methyl/N-ethyl adjacent to an activating group) is 1. The van der Waals surface area contributed by atoms with E-state index in [1.54, 1.807) is 0 Å². The van der Waals surface area contributed by atoms with Crippen molar-refractivity contribution in [1.29, 1.82) is 0 Å². The van der Waals surface area contributed by atoms with Gasteiger partial charge in [-0.05, 0) is 51.4 Å². The maximum absolute atomic E-state index is 12.7. The van der Waals surface area contributed by atoms with Gasteiger partial charge in [-0.1, -0.05) is 153 Å². The summed E-state index contributed by atoms with van der Waals surface area (Å²) >= 11 is 0. The number of allylic oxidation sites excluding steroid dienone is 6. The molecule has 0 aliphatic heterocycles. The lowest BCUT2D eigenvalue weighted by atomic mass is 10.0. The summed E-state index contributed by atoms with van der Waals surface area (Å²) in [4.78, 5) is 35.3. The Hall–Kier alpha value is -1.77. The molecule has 0 aromatic heterocycles. The summed E-state index contributed by atoms with van der Waals surface area (Å²) in [6.07, 6.45) is 40.4. The van der Waals surface area contributed by atoms with Gasteiger partial charge in [-0.2, -0.15) is 0 Å². The molecule has 0 rings (SSSR count). The van der Waals surface area contributed by atoms with Gasteiger partial charge in [0.25, 0.3) is 0 Å². The third-order valence-electron chi connectivity index (χ3n) is 9.17. The molecule has 1 unspecified atom stereocenters. The van der Waals surface area contributed by atoms with Crippen LogP contribution in [0.4, 0.5) is 0 Å². The van der Waals surface area contributed by atoms with Gasteiger partial charge in [0.05, 0.1) is 27.7 Å². The number of phosphoric acid groups is 1. The molecule has 0 amide bonds. The zero-order chi connectivity index (χ0) is 40.0. The molecule has 0 aromatic carbocycles. The molecule has 0 aliphatic carbocycles. The summed E-state index contributed by atoms with van der Waals surface area (Å²) in [5, 5.41) is 0. The van der Waals surface area contributed by atoms with E-state index in [4.69, 9.17) is 18.5 Å². The average molecular weight is 785 g/mol. The standard InChI is InChI=1S/C44H82NO8P/c1-6-8-10-12-14-16-18-20-21-22-23-25-27-29-31-33-35-37-44(47)53-42(41-52-54(48,49)51-39-38-45(3,4)5)40-50-43(46)36-34-32-30-28-26-24-19-17-15-13-11-9-7-2/h14,16,20-21,23,25,42H,6-13,15,17-19,22,24,26-41H2,1-5H3/p+1/b16-14+,21-20+,25-23+/t42-/m0/s1. The smallest absolute Gasteiger partial charge is 0.462 e. The zero-order valence-electron chi connectivity index (χ0n) is 35.5. The van der Waals surface area contributed by atoms with Crippen LogP contribution in [-0.2, 0) is 32.7 Å². The summed E-state index contributed by atoms with van der Waals surface area (Å²) in [6.45, 7) is 4.37. The van der Waals surface area contributed by atoms with Crippen LogP contribution in [0.1, 0.15) is 181 Å². The van der Waals surface area contributed by atoms with Crippen molar-refractivity contribution >= 4 is 19.8 Å². The molecule has 0 spiro atoms. The van der Waals surface area contributed by atoms with E-state index >= 15 is 0 Å². The first-order valence-electron chi connectivity index (χ1n) is 21.7. The molecule has 0 bridgehead atoms. The van der Waals surface area contributed by atoms with E-state index in [0.717, 1.165) is 57.8 Å². The van der Waals surface area contributed by atoms with Crippen molar-refractivity contribution in [1.82, 2.24) is 0 Å². The lowest BCUT2D eigenvalue weighted by molar-refractivity contribution is -0.870. The summed E-state index contributed by atoms with van der Waals surface area (Å²) in [5.74, 6) is -0.821. The van der Waals surface area contributed by atoms with Crippen molar-refractivity contribution in [2.75, 3.05) is 47.5 Å². The molecular weight excluding hydrogens is 701 g/mol. The van der Waals surface area contributed by atoms with E-state index in [1.807, 2.05) is 21.1 Å². The molecule has 10 heteroatoms. The molecule has 1 N–H and O–H groups in total. The maximum Gasteiger partial charge on any atom is 0.472 e. The maximum atomic E-state index is 12.7. The number of hydrogen-bond donors (Lipinski definition) is 1. The number of quaternary nitrogens is 1. The highest BCUT2D eigenvalue weighted by Gasteiger charge is 2.27. The minimum atomic E-state index is -4.38. The number of ether oxygens (including phenoxy) is 2. The molecule has 0 aromatic rings. The van der Waals surface area contributed by atoms with E-state index in [0.29, 0.717) is 17.4 Å². The summed E-state index contributed by atoms with van der Waals surface area (Å²) < 4.78 is 34.3. The minimum absolute atomic E-state index is 0.0276. The Labute approximate surface area is 331 Å². The Morgan fingerprint density at radius 1 is 0.574 bits per heavy atom. The Kier molecular flexibility index (Phi) is 35.6. The molecule has 2 atom stereocenters. The molecule has 0 saturated carbocycles. The van der Waals surface area contributed by atoms with Gasteiger partial charge in [-0.15, -0.1) is 0 Å². The Morgan fingerprint density at radius 2 is 1.00 bits per heavy atom. The van der Waals surface area contributed by atoms with Crippen LogP contribution in [0.2, 0.25) is 0 Å². The number of carbonyl (C=O) groups is 2. The number of rotatable bonds is 39. The Morgan fingerprint density at radius 3 is 1.52 bits per heavy atom. The van der Waals surface area contributed by atoms with Crippen LogP contribution < -0.4 is 0 Å². The number of hydrogen-bond acceptors (Lipinski definition) is 7. The van der Waals surface area contributed by atoms with Crippen LogP contribution in [0, 0.1) is 0 Å². The van der Waals surface area contributed by atoms with Crippen molar-refractivity contribution in [3.05, 3.63) is 36.5 Å². The van der Waals surface area contributed by atoms with Gasteiger partial charge in [-0.25, -0.2) is 4.57 Å². The van der Waals surface area contributed by atoms with E-state index in [2.05, 4.69) is 50.3 Å². The summed E-state index contributed by atoms with van der Waals surface area (Å²) in [7, 11) is 1.46. The largest absolute Gasteiger partial charge is 0.472 e. The van der Waals surface area contributed by atoms with E-state index in [9.17, 15) is 19.0 Å². The first kappa shape index (κ1) is 52.2. The third kappa shape index (κ3) is 39.9. The lowest BCUT2D eigenvalue weighted by Crippen LogP contribution is -2.37. The van der Waals surface area contributed by atoms with Gasteiger partial charge >= 0.3 is 19.8 Å². The normalized spacial score (nSPS) is 14.0. The molecular formula is C44H83NO8P+. The lowest BCUT2D eigenvalue weighted by Gasteiger charge is -2.24. The molecule has 0 fully saturated rings. The van der Waals surface area contributed by atoms with Crippen LogP contribution in [0.5, 0.6) is 0 Å². The highest BCUT2D eigenvalue weighted by atomic mass is 31.2. The van der Waals surface area contributed by atoms with Crippen molar-refractivity contribution in [2.45, 2.75) is 187 Å². The average Bonchev–Trinajstić information content (AvgIpc) is 3.12. The highest BCUT2D eigenvalue weighted by molar-refractivity contribution is 7.47. The molecule has 54 heavy (non-hydrogen) atoms. The van der Waals surface area contributed by atoms with Gasteiger partial charge in [-0.3, -0.25) is 18.6 Å². The van der Waals surface area contributed by atoms with Crippen molar-refractivity contribution in [2.24, 2.45) is 0 Å². The minimum Gasteiger partial charge on any atom is -0.462 e. The predicted octanol–water partition coefficient (Wildman–Crippen LogP) is 12.1. The molecule has 0 saturated heterocycles. The van der Waals surface area contributed by atoms with Crippen LogP contribution in [0.3, 0.4) is 0 Å². The second kappa shape index (κ2) is 36.8. The second-order valence-corrected chi connectivity index (χ2v) is 17.2. The Bertz CT molecular complexity index is 1020. The Balaban J connectivity index is 4.41. The van der Waals surface area contributed by atoms with Crippen LogP contribution >= 0.6 is 7.82 Å². The molecule has 0 radical (unpaired) electrons. The van der Waals surface area contributed by atoms with Gasteiger partial charge in [0, 0.05) is 12.8 Å². The number of esters is 2. The quantitative estimate of drug-likeness (QED) is 0.0216. The van der Waals surface area contributed by atoms with E-state index in [-0.39, 0.29) is 32.0 Å². The fourth-order valence-corrected chi connectivity index (χ4v) is 6.47. The first-order valence-corrected chi connectivity index (χ1v) is 23.2. The van der Waals surface area contributed by atoms with E-state index < -0.39 is 26.5 Å². The number of nitrogens with zero attached hydrogens (tertiary/aromatic N) is 1. The van der Waals surface area contributed by atoms with Gasteiger partial charge in [0.2, 0.25) is 0 Å². The number of phosphoric ester groups is 1. The fraction of sp³-hybridized carbons (Fsp3) is 0.818. The number of unbranched alkanes of at least 4 members (excludes halogenated alkanes) is 19. The zero-order valence-corrected chi connectivity index (χ0v) is 36.3. The molecule has 0 heterocycles. The van der Waals surface area contributed by atoms with Crippen molar-refractivity contribution in [3.63, 3.8) is 0 Å². The van der Waals surface area contributed by atoms with Gasteiger partial charge in [0.15, 0.2) is 6.10 Å². The predicted molar refractivity (Wildman–Crippen MR) is 224 cm³/mol. The van der Waals surface area contributed by atoms with Crippen LogP contribution in [0.25, 0.3) is 0 Å². The molecule has 9 nitrogen and oxygen atoms in total. The fourth-order valence-electron chi connectivity index (χ4n) is 5.73. The van der Waals surface area contributed by atoms with Gasteiger partial charge in [0.1, 0.15) is 19.8 Å². The third-order valence-corrected chi connectivity index (χ3v) is 10.2. The van der Waals surface area contributed by atoms with Crippen LogP contribution in [0.15, 0.2) is 36.5 Å². The van der Waals surface area contributed by atoms with E-state index in [1.165, 1.54) is 89.9 Å². The molecule has 316 valence electrons. The topological polar surface area (TPSA) is 108 Å². The highest BCUT2D eigenvalue weighted by Crippen LogP contribution is 2.43. The SMILES string of the molecule is CCCCC/C=C/C/C=C/C/C=C/CCCCCCC(=O)O[C@@H](COC(=O)CCCCCCCCCCCCCCC)COP(=O)(O)OCC[N+](C)(C)C. The summed E-state index contributed by atoms with van der Waals surface area (Å²) in [5.41, 5.74) is 0. The van der Waals surface area contributed by atoms with Crippen molar-refractivity contribution in [3.8, 4) is 0 Å². The molecule has 0 aliphatic rings. The summed E-state index contributed by atoms with van der Waals surface area (Å²) in [6, 6.07) is 0. The van der Waals surface area contributed by atoms with Gasteiger partial charge < -0.3 is 18.9 Å². The monoisotopic (exact) mass is 785 g/mol.